The minimum atomic E-state index is 0.682. The molecule has 4 heteroatoms. The van der Waals surface area contributed by atoms with Crippen LogP contribution in [0, 0.1) is 0 Å². The van der Waals surface area contributed by atoms with E-state index in [1.54, 1.807) is 6.07 Å². The Morgan fingerprint density at radius 2 is 1.88 bits per heavy atom. The van der Waals surface area contributed by atoms with Crippen molar-refractivity contribution >= 4 is 29.4 Å². The van der Waals surface area contributed by atoms with Crippen LogP contribution in [0.15, 0.2) is 23.4 Å². The Labute approximate surface area is 112 Å². The Morgan fingerprint density at radius 1 is 1.12 bits per heavy atom. The van der Waals surface area contributed by atoms with Crippen LogP contribution in [0.3, 0.4) is 0 Å². The zero-order valence-electron chi connectivity index (χ0n) is 9.70. The van der Waals surface area contributed by atoms with Crippen molar-refractivity contribution < 1.29 is 5.21 Å². The Hall–Kier alpha value is -0.730. The summed E-state index contributed by atoms with van der Waals surface area (Å²) >= 11 is 11.9. The molecule has 1 N–H and O–H groups in total. The summed E-state index contributed by atoms with van der Waals surface area (Å²) in [4.78, 5) is 0. The smallest absolute Gasteiger partial charge is 0.0452 e. The molecule has 0 aliphatic rings. The van der Waals surface area contributed by atoms with Gasteiger partial charge in [-0.05, 0) is 43.4 Å². The van der Waals surface area contributed by atoms with Crippen molar-refractivity contribution in [3.05, 3.63) is 33.8 Å². The molecule has 1 aromatic rings. The van der Waals surface area contributed by atoms with Gasteiger partial charge in [0.15, 0.2) is 0 Å². The number of halogens is 2. The number of oxime groups is 1. The maximum Gasteiger partial charge on any atom is 0.0452 e. The fraction of sp³-hybridized carbons (Fsp3) is 0.462. The third-order valence-electron chi connectivity index (χ3n) is 2.63. The van der Waals surface area contributed by atoms with Crippen molar-refractivity contribution in [2.24, 2.45) is 5.16 Å². The second-order valence-electron chi connectivity index (χ2n) is 3.99. The molecule has 0 bridgehead atoms. The van der Waals surface area contributed by atoms with Crippen molar-refractivity contribution in [3.63, 3.8) is 0 Å². The number of hydrogen-bond acceptors (Lipinski definition) is 2. The zero-order chi connectivity index (χ0) is 12.5. The highest BCUT2D eigenvalue weighted by atomic mass is 35.5. The van der Waals surface area contributed by atoms with Gasteiger partial charge >= 0.3 is 0 Å². The van der Waals surface area contributed by atoms with Crippen molar-refractivity contribution in [1.29, 1.82) is 0 Å². The van der Waals surface area contributed by atoms with Crippen molar-refractivity contribution in [1.82, 2.24) is 0 Å². The summed E-state index contributed by atoms with van der Waals surface area (Å²) in [5.74, 6) is 0. The lowest BCUT2D eigenvalue weighted by Crippen LogP contribution is -1.88. The molecule has 0 aromatic heterocycles. The van der Waals surface area contributed by atoms with E-state index in [-0.39, 0.29) is 0 Å². The molecule has 0 heterocycles. The Kier molecular flexibility index (Phi) is 7.06. The quantitative estimate of drug-likeness (QED) is 0.324. The largest absolute Gasteiger partial charge is 0.411 e. The summed E-state index contributed by atoms with van der Waals surface area (Å²) in [5.41, 5.74) is 1.16. The molecule has 2 nitrogen and oxygen atoms in total. The van der Waals surface area contributed by atoms with E-state index >= 15 is 0 Å². The normalized spacial score (nSPS) is 11.2. The molecule has 17 heavy (non-hydrogen) atoms. The molecule has 0 radical (unpaired) electrons. The maximum atomic E-state index is 8.21. The van der Waals surface area contributed by atoms with Crippen LogP contribution in [0.5, 0.6) is 0 Å². The van der Waals surface area contributed by atoms with Gasteiger partial charge in [-0.1, -0.05) is 42.1 Å². The SMILES string of the molecule is O/N=C\CCCCCCc1ccc(Cl)cc1Cl. The second-order valence-corrected chi connectivity index (χ2v) is 4.83. The topological polar surface area (TPSA) is 32.6 Å². The molecule has 0 fully saturated rings. The molecule has 1 aromatic carbocycles. The third-order valence-corrected chi connectivity index (χ3v) is 3.21. The molecule has 94 valence electrons. The minimum Gasteiger partial charge on any atom is -0.411 e. The Balaban J connectivity index is 2.18. The monoisotopic (exact) mass is 273 g/mol. The van der Waals surface area contributed by atoms with Crippen molar-refractivity contribution in [2.45, 2.75) is 38.5 Å². The number of nitrogens with zero attached hydrogens (tertiary/aromatic N) is 1. The van der Waals surface area contributed by atoms with Crippen molar-refractivity contribution in [3.8, 4) is 0 Å². The summed E-state index contributed by atoms with van der Waals surface area (Å²) in [6, 6.07) is 5.65. The molecule has 0 saturated carbocycles. The van der Waals surface area contributed by atoms with Crippen LogP contribution in [0.25, 0.3) is 0 Å². The predicted octanol–water partition coefficient (Wildman–Crippen LogP) is 4.95. The first-order valence-corrected chi connectivity index (χ1v) is 6.59. The summed E-state index contributed by atoms with van der Waals surface area (Å²) < 4.78 is 0. The van der Waals surface area contributed by atoms with Crippen LogP contribution >= 0.6 is 23.2 Å². The first-order valence-electron chi connectivity index (χ1n) is 5.84. The number of hydrogen-bond donors (Lipinski definition) is 1. The highest BCUT2D eigenvalue weighted by Crippen LogP contribution is 2.22. The van der Waals surface area contributed by atoms with Gasteiger partial charge in [-0.15, -0.1) is 5.16 Å². The average Bonchev–Trinajstić information content (AvgIpc) is 2.30. The van der Waals surface area contributed by atoms with E-state index in [9.17, 15) is 0 Å². The van der Waals surface area contributed by atoms with Gasteiger partial charge in [-0.3, -0.25) is 0 Å². The minimum absolute atomic E-state index is 0.682. The van der Waals surface area contributed by atoms with Crippen LogP contribution in [0.4, 0.5) is 0 Å². The summed E-state index contributed by atoms with van der Waals surface area (Å²) in [5, 5.41) is 12.6. The van der Waals surface area contributed by atoms with E-state index in [0.29, 0.717) is 5.02 Å². The number of aryl methyl sites for hydroxylation is 1. The van der Waals surface area contributed by atoms with Gasteiger partial charge < -0.3 is 5.21 Å². The molecular weight excluding hydrogens is 257 g/mol. The summed E-state index contributed by atoms with van der Waals surface area (Å²) in [7, 11) is 0. The van der Waals surface area contributed by atoms with E-state index in [2.05, 4.69) is 5.16 Å². The first kappa shape index (κ1) is 14.3. The number of benzene rings is 1. The molecule has 0 amide bonds. The van der Waals surface area contributed by atoms with Gasteiger partial charge in [0.25, 0.3) is 0 Å². The van der Waals surface area contributed by atoms with Crippen LogP contribution in [0.1, 0.15) is 37.7 Å². The maximum absolute atomic E-state index is 8.21. The van der Waals surface area contributed by atoms with Crippen LogP contribution < -0.4 is 0 Å². The van der Waals surface area contributed by atoms with Crippen LogP contribution in [-0.2, 0) is 6.42 Å². The van der Waals surface area contributed by atoms with Gasteiger partial charge in [-0.25, -0.2) is 0 Å². The lowest BCUT2D eigenvalue weighted by Gasteiger charge is -2.04. The van der Waals surface area contributed by atoms with Crippen molar-refractivity contribution in [2.75, 3.05) is 0 Å². The second kappa shape index (κ2) is 8.37. The fourth-order valence-corrected chi connectivity index (χ4v) is 2.19. The lowest BCUT2D eigenvalue weighted by atomic mass is 10.1. The van der Waals surface area contributed by atoms with Crippen LogP contribution in [0.2, 0.25) is 10.0 Å². The predicted molar refractivity (Wildman–Crippen MR) is 73.5 cm³/mol. The molecule has 0 aliphatic heterocycles. The van der Waals surface area contributed by atoms with Gasteiger partial charge in [-0.2, -0.15) is 0 Å². The van der Waals surface area contributed by atoms with Crippen LogP contribution in [-0.4, -0.2) is 11.4 Å². The fourth-order valence-electron chi connectivity index (χ4n) is 1.69. The van der Waals surface area contributed by atoms with Gasteiger partial charge in [0.1, 0.15) is 0 Å². The van der Waals surface area contributed by atoms with Gasteiger partial charge in [0, 0.05) is 16.3 Å². The van der Waals surface area contributed by atoms with E-state index in [1.807, 2.05) is 12.1 Å². The zero-order valence-corrected chi connectivity index (χ0v) is 11.2. The molecular formula is C13H17Cl2NO. The average molecular weight is 274 g/mol. The van der Waals surface area contributed by atoms with E-state index < -0.39 is 0 Å². The summed E-state index contributed by atoms with van der Waals surface area (Å²) in [6.07, 6.45) is 7.88. The Bertz CT molecular complexity index is 366. The lowest BCUT2D eigenvalue weighted by molar-refractivity contribution is 0.320. The molecule has 0 unspecified atom stereocenters. The highest BCUT2D eigenvalue weighted by molar-refractivity contribution is 6.35. The van der Waals surface area contributed by atoms with E-state index in [4.69, 9.17) is 28.4 Å². The molecule has 0 atom stereocenters. The number of unbranched alkanes of at least 4 members (excludes halogenated alkanes) is 4. The third kappa shape index (κ3) is 5.94. The highest BCUT2D eigenvalue weighted by Gasteiger charge is 2.00. The van der Waals surface area contributed by atoms with E-state index in [1.165, 1.54) is 6.21 Å². The van der Waals surface area contributed by atoms with E-state index in [0.717, 1.165) is 49.1 Å². The first-order chi connectivity index (χ1) is 8.24. The van der Waals surface area contributed by atoms with Gasteiger partial charge in [0.05, 0.1) is 0 Å². The summed E-state index contributed by atoms with van der Waals surface area (Å²) in [6.45, 7) is 0. The number of rotatable bonds is 7. The molecule has 0 aliphatic carbocycles. The molecule has 1 rings (SSSR count). The van der Waals surface area contributed by atoms with Gasteiger partial charge in [0.2, 0.25) is 0 Å². The molecule has 0 spiro atoms. The Morgan fingerprint density at radius 3 is 2.59 bits per heavy atom. The molecule has 0 saturated heterocycles. The standard InChI is InChI=1S/C13H17Cl2NO/c14-12-8-7-11(13(15)10-12)6-4-2-1-3-5-9-16-17/h7-10,17H,1-6H2/b16-9-.